The number of fused-ring (bicyclic) bond motifs is 1. The van der Waals surface area contributed by atoms with E-state index in [0.717, 1.165) is 18.3 Å². The second-order valence-electron chi connectivity index (χ2n) is 6.59. The number of pyridine rings is 1. The minimum atomic E-state index is -4.77. The van der Waals surface area contributed by atoms with Gasteiger partial charge in [0.25, 0.3) is 0 Å². The Kier molecular flexibility index (Phi) is 5.15. The van der Waals surface area contributed by atoms with E-state index in [0.29, 0.717) is 5.75 Å². The molecule has 0 aliphatic heterocycles. The predicted molar refractivity (Wildman–Crippen MR) is 102 cm³/mol. The molecule has 1 N–H and O–H groups in total. The SMILES string of the molecule is COc1ccc2nc(C(F)(F)F)c(-c3cncc(Nc4ccc(C(F)(F)F)cc4)n3)n2c1. The number of nitrogens with zero attached hydrogens (tertiary/aromatic N) is 4. The molecule has 12 heteroatoms. The molecule has 3 heterocycles. The number of ether oxygens (including phenoxy) is 1. The molecule has 0 unspecified atom stereocenters. The summed E-state index contributed by atoms with van der Waals surface area (Å²) < 4.78 is 85.5. The highest BCUT2D eigenvalue weighted by Gasteiger charge is 2.39. The second-order valence-corrected chi connectivity index (χ2v) is 6.59. The van der Waals surface area contributed by atoms with E-state index >= 15 is 0 Å². The smallest absolute Gasteiger partial charge is 0.435 e. The van der Waals surface area contributed by atoms with Crippen LogP contribution in [0.2, 0.25) is 0 Å². The van der Waals surface area contributed by atoms with E-state index in [1.54, 1.807) is 0 Å². The van der Waals surface area contributed by atoms with Crippen LogP contribution in [0.1, 0.15) is 11.3 Å². The highest BCUT2D eigenvalue weighted by atomic mass is 19.4. The Morgan fingerprint density at radius 2 is 1.59 bits per heavy atom. The van der Waals surface area contributed by atoms with Crippen LogP contribution in [0.5, 0.6) is 5.75 Å². The molecule has 0 radical (unpaired) electrons. The van der Waals surface area contributed by atoms with Gasteiger partial charge in [0, 0.05) is 5.69 Å². The maximum atomic E-state index is 13.7. The quantitative estimate of drug-likeness (QED) is 0.409. The number of hydrogen-bond donors (Lipinski definition) is 1. The molecule has 166 valence electrons. The van der Waals surface area contributed by atoms with Gasteiger partial charge in [-0.2, -0.15) is 26.3 Å². The Hall–Kier alpha value is -3.83. The van der Waals surface area contributed by atoms with Crippen LogP contribution in [0.4, 0.5) is 37.8 Å². The fourth-order valence-corrected chi connectivity index (χ4v) is 3.02. The van der Waals surface area contributed by atoms with Crippen molar-refractivity contribution in [2.45, 2.75) is 12.4 Å². The van der Waals surface area contributed by atoms with Crippen LogP contribution in [0.25, 0.3) is 17.0 Å². The average molecular weight is 453 g/mol. The van der Waals surface area contributed by atoms with E-state index in [1.807, 2.05) is 0 Å². The molecule has 1 aromatic carbocycles. The molecular weight excluding hydrogens is 440 g/mol. The lowest BCUT2D eigenvalue weighted by Crippen LogP contribution is -2.09. The Bertz CT molecular complexity index is 1260. The number of imidazole rings is 1. The van der Waals surface area contributed by atoms with Crippen molar-refractivity contribution in [3.63, 3.8) is 0 Å². The zero-order chi connectivity index (χ0) is 23.1. The van der Waals surface area contributed by atoms with E-state index in [1.165, 1.54) is 48.2 Å². The summed E-state index contributed by atoms with van der Waals surface area (Å²) in [7, 11) is 1.37. The maximum Gasteiger partial charge on any atom is 0.435 e. The van der Waals surface area contributed by atoms with Gasteiger partial charge in [0.1, 0.15) is 28.6 Å². The summed E-state index contributed by atoms with van der Waals surface area (Å²) in [5.41, 5.74) is -2.22. The molecule has 0 bridgehead atoms. The third kappa shape index (κ3) is 4.15. The molecule has 0 saturated carbocycles. The van der Waals surface area contributed by atoms with Gasteiger partial charge < -0.3 is 10.1 Å². The molecule has 0 aliphatic rings. The Labute approximate surface area is 176 Å². The Morgan fingerprint density at radius 1 is 0.875 bits per heavy atom. The van der Waals surface area contributed by atoms with Crippen LogP contribution < -0.4 is 10.1 Å². The molecular formula is C20H13F6N5O. The molecule has 0 aliphatic carbocycles. The van der Waals surface area contributed by atoms with Crippen LogP contribution in [-0.2, 0) is 12.4 Å². The van der Waals surface area contributed by atoms with Gasteiger partial charge in [-0.25, -0.2) is 9.97 Å². The highest BCUT2D eigenvalue weighted by Crippen LogP contribution is 2.37. The molecule has 4 aromatic rings. The molecule has 3 aromatic heterocycles. The summed E-state index contributed by atoms with van der Waals surface area (Å²) >= 11 is 0. The van der Waals surface area contributed by atoms with Crippen LogP contribution in [0.15, 0.2) is 55.0 Å². The van der Waals surface area contributed by atoms with E-state index in [-0.39, 0.29) is 28.5 Å². The topological polar surface area (TPSA) is 64.3 Å². The zero-order valence-electron chi connectivity index (χ0n) is 16.2. The van der Waals surface area contributed by atoms with E-state index < -0.39 is 23.6 Å². The first-order valence-corrected chi connectivity index (χ1v) is 8.96. The summed E-state index contributed by atoms with van der Waals surface area (Å²) in [5, 5.41) is 2.74. The second kappa shape index (κ2) is 7.70. The zero-order valence-corrected chi connectivity index (χ0v) is 16.2. The van der Waals surface area contributed by atoms with E-state index in [4.69, 9.17) is 4.74 Å². The first kappa shape index (κ1) is 21.4. The minimum absolute atomic E-state index is 0.0241. The van der Waals surface area contributed by atoms with Gasteiger partial charge in [-0.3, -0.25) is 9.38 Å². The van der Waals surface area contributed by atoms with Gasteiger partial charge in [-0.15, -0.1) is 0 Å². The van der Waals surface area contributed by atoms with Crippen molar-refractivity contribution in [2.75, 3.05) is 12.4 Å². The number of rotatable bonds is 4. The fraction of sp³-hybridized carbons (Fsp3) is 0.150. The molecule has 0 fully saturated rings. The first-order valence-electron chi connectivity index (χ1n) is 8.96. The van der Waals surface area contributed by atoms with Crippen molar-refractivity contribution in [2.24, 2.45) is 0 Å². The third-order valence-corrected chi connectivity index (χ3v) is 4.46. The number of benzene rings is 1. The first-order chi connectivity index (χ1) is 15.1. The largest absolute Gasteiger partial charge is 0.495 e. The molecule has 32 heavy (non-hydrogen) atoms. The Balaban J connectivity index is 1.76. The van der Waals surface area contributed by atoms with Gasteiger partial charge in [0.2, 0.25) is 0 Å². The standard InChI is InChI=1S/C20H13F6N5O/c1-32-13-6-7-16-30-18(20(24,25)26)17(31(16)10-13)14-8-27-9-15(29-14)28-12-4-2-11(3-5-12)19(21,22)23/h2-10H,1H3,(H,28,29). The number of halogens is 6. The third-order valence-electron chi connectivity index (χ3n) is 4.46. The molecule has 0 spiro atoms. The highest BCUT2D eigenvalue weighted by molar-refractivity contribution is 5.67. The summed E-state index contributed by atoms with van der Waals surface area (Å²) in [5.74, 6) is 0.338. The Morgan fingerprint density at radius 3 is 2.22 bits per heavy atom. The number of hydrogen-bond acceptors (Lipinski definition) is 5. The van der Waals surface area contributed by atoms with Gasteiger partial charge >= 0.3 is 12.4 Å². The van der Waals surface area contributed by atoms with Crippen molar-refractivity contribution in [3.05, 3.63) is 66.2 Å². The minimum Gasteiger partial charge on any atom is -0.495 e. The monoisotopic (exact) mass is 453 g/mol. The number of methoxy groups -OCH3 is 1. The number of nitrogens with one attached hydrogen (secondary N) is 1. The van der Waals surface area contributed by atoms with E-state index in [2.05, 4.69) is 20.3 Å². The normalized spacial score (nSPS) is 12.2. The summed E-state index contributed by atoms with van der Waals surface area (Å²) in [6.07, 6.45) is -5.55. The molecule has 4 rings (SSSR count). The van der Waals surface area contributed by atoms with Gasteiger partial charge in [0.05, 0.1) is 31.3 Å². The van der Waals surface area contributed by atoms with Gasteiger partial charge in [0.15, 0.2) is 5.69 Å². The van der Waals surface area contributed by atoms with Crippen LogP contribution in [0.3, 0.4) is 0 Å². The number of anilines is 2. The molecule has 0 saturated heterocycles. The molecule has 6 nitrogen and oxygen atoms in total. The maximum absolute atomic E-state index is 13.7. The van der Waals surface area contributed by atoms with Crippen molar-refractivity contribution >= 4 is 17.2 Å². The van der Waals surface area contributed by atoms with Crippen molar-refractivity contribution in [1.29, 1.82) is 0 Å². The summed E-state index contributed by atoms with van der Waals surface area (Å²) in [4.78, 5) is 11.8. The van der Waals surface area contributed by atoms with Crippen molar-refractivity contribution in [1.82, 2.24) is 19.4 Å². The lowest BCUT2D eigenvalue weighted by Gasteiger charge is -2.11. The lowest BCUT2D eigenvalue weighted by molar-refractivity contribution is -0.140. The van der Waals surface area contributed by atoms with E-state index in [9.17, 15) is 26.3 Å². The van der Waals surface area contributed by atoms with Crippen molar-refractivity contribution < 1.29 is 31.1 Å². The fourth-order valence-electron chi connectivity index (χ4n) is 3.02. The number of aromatic nitrogens is 4. The van der Waals surface area contributed by atoms with Gasteiger partial charge in [-0.1, -0.05) is 0 Å². The van der Waals surface area contributed by atoms with Crippen LogP contribution >= 0.6 is 0 Å². The van der Waals surface area contributed by atoms with Crippen LogP contribution in [0, 0.1) is 0 Å². The lowest BCUT2D eigenvalue weighted by atomic mass is 10.2. The summed E-state index contributed by atoms with van der Waals surface area (Å²) in [6.45, 7) is 0. The molecule has 0 amide bonds. The number of alkyl halides is 6. The van der Waals surface area contributed by atoms with Gasteiger partial charge in [-0.05, 0) is 36.4 Å². The summed E-state index contributed by atoms with van der Waals surface area (Å²) in [6, 6.07) is 6.95. The average Bonchev–Trinajstić information content (AvgIpc) is 3.13. The predicted octanol–water partition coefficient (Wildman–Crippen LogP) is 5.58. The molecule has 0 atom stereocenters. The van der Waals surface area contributed by atoms with Crippen molar-refractivity contribution in [3.8, 4) is 17.1 Å². The van der Waals surface area contributed by atoms with Crippen LogP contribution in [-0.4, -0.2) is 26.5 Å².